The fourth-order valence-electron chi connectivity index (χ4n) is 1.18. The minimum atomic E-state index is -1.19. The van der Waals surface area contributed by atoms with Crippen LogP contribution in [0.1, 0.15) is 28.9 Å². The molecule has 0 radical (unpaired) electrons. The maximum Gasteiger partial charge on any atom is 0.334 e. The third kappa shape index (κ3) is 2.67. The van der Waals surface area contributed by atoms with Crippen molar-refractivity contribution in [2.45, 2.75) is 13.0 Å². The Balaban J connectivity index is 3.03. The number of anilines is 1. The number of carbonyl (C=O) groups excluding carboxylic acids is 1. The zero-order valence-electron chi connectivity index (χ0n) is 8.41. The SMILES string of the molecule is CC(O)c1cc(C(=O)O[N+](=O)[O-])ccc1N. The van der Waals surface area contributed by atoms with Crippen molar-refractivity contribution < 1.29 is 19.8 Å². The molecule has 1 aromatic carbocycles. The normalized spacial score (nSPS) is 11.9. The monoisotopic (exact) mass is 226 g/mol. The topological polar surface area (TPSA) is 116 Å². The van der Waals surface area contributed by atoms with E-state index in [0.29, 0.717) is 11.3 Å². The van der Waals surface area contributed by atoms with Gasteiger partial charge in [0.1, 0.15) is 0 Å². The van der Waals surface area contributed by atoms with Crippen molar-refractivity contribution in [3.63, 3.8) is 0 Å². The predicted octanol–water partition coefficient (Wildman–Crippen LogP) is 0.671. The maximum atomic E-state index is 11.2. The second kappa shape index (κ2) is 4.58. The molecule has 0 saturated heterocycles. The second-order valence-electron chi connectivity index (χ2n) is 3.12. The summed E-state index contributed by atoms with van der Waals surface area (Å²) in [5.41, 5.74) is 6.12. The van der Waals surface area contributed by atoms with E-state index < -0.39 is 17.2 Å². The summed E-state index contributed by atoms with van der Waals surface area (Å²) in [7, 11) is 0. The molecular formula is C9H10N2O5. The number of hydrogen-bond acceptors (Lipinski definition) is 6. The van der Waals surface area contributed by atoms with Crippen LogP contribution in [0.3, 0.4) is 0 Å². The zero-order chi connectivity index (χ0) is 12.3. The van der Waals surface area contributed by atoms with Gasteiger partial charge in [-0.05, 0) is 25.1 Å². The van der Waals surface area contributed by atoms with E-state index in [1.54, 1.807) is 0 Å². The van der Waals surface area contributed by atoms with Crippen LogP contribution < -0.4 is 5.73 Å². The van der Waals surface area contributed by atoms with Gasteiger partial charge in [-0.2, -0.15) is 0 Å². The Morgan fingerprint density at radius 2 is 2.25 bits per heavy atom. The molecule has 0 fully saturated rings. The quantitative estimate of drug-likeness (QED) is 0.444. The maximum absolute atomic E-state index is 11.2. The van der Waals surface area contributed by atoms with E-state index in [4.69, 9.17) is 5.73 Å². The average molecular weight is 226 g/mol. The Morgan fingerprint density at radius 1 is 1.62 bits per heavy atom. The molecule has 3 N–H and O–H groups in total. The van der Waals surface area contributed by atoms with Gasteiger partial charge in [0.15, 0.2) is 0 Å². The van der Waals surface area contributed by atoms with Gasteiger partial charge in [0.05, 0.1) is 6.10 Å². The van der Waals surface area contributed by atoms with Gasteiger partial charge in [-0.1, -0.05) is 0 Å². The van der Waals surface area contributed by atoms with Crippen molar-refractivity contribution in [3.8, 4) is 0 Å². The Hall–Kier alpha value is -2.15. The van der Waals surface area contributed by atoms with Gasteiger partial charge in [0.2, 0.25) is 0 Å². The first-order chi connectivity index (χ1) is 7.41. The average Bonchev–Trinajstić information content (AvgIpc) is 2.16. The standard InChI is InChI=1S/C9H10N2O5/c1-5(12)7-4-6(2-3-8(7)10)9(13)16-11(14)15/h2-5,12H,10H2,1H3. The van der Waals surface area contributed by atoms with Crippen LogP contribution in [0.4, 0.5) is 5.69 Å². The van der Waals surface area contributed by atoms with Gasteiger partial charge < -0.3 is 10.8 Å². The first-order valence-electron chi connectivity index (χ1n) is 4.36. The largest absolute Gasteiger partial charge is 0.398 e. The lowest BCUT2D eigenvalue weighted by Crippen LogP contribution is -2.11. The van der Waals surface area contributed by atoms with Crippen molar-refractivity contribution in [1.29, 1.82) is 0 Å². The molecule has 0 aliphatic heterocycles. The number of aliphatic hydroxyl groups is 1. The summed E-state index contributed by atoms with van der Waals surface area (Å²) in [6, 6.07) is 3.91. The highest BCUT2D eigenvalue weighted by atomic mass is 17.0. The molecule has 7 nitrogen and oxygen atoms in total. The molecule has 7 heteroatoms. The molecule has 1 rings (SSSR count). The van der Waals surface area contributed by atoms with Crippen molar-refractivity contribution in [1.82, 2.24) is 0 Å². The molecule has 0 amide bonds. The number of benzene rings is 1. The number of nitrogens with two attached hydrogens (primary N) is 1. The molecule has 1 unspecified atom stereocenters. The number of nitrogens with zero attached hydrogens (tertiary/aromatic N) is 1. The lowest BCUT2D eigenvalue weighted by molar-refractivity contribution is -0.727. The molecule has 0 bridgehead atoms. The number of carbonyl (C=O) groups is 1. The third-order valence-corrected chi connectivity index (χ3v) is 1.93. The summed E-state index contributed by atoms with van der Waals surface area (Å²) >= 11 is 0. The van der Waals surface area contributed by atoms with Gasteiger partial charge in [-0.15, -0.1) is 10.1 Å². The van der Waals surface area contributed by atoms with Crippen LogP contribution in [-0.2, 0) is 4.84 Å². The number of nitrogen functional groups attached to an aromatic ring is 1. The van der Waals surface area contributed by atoms with Crippen molar-refractivity contribution in [2.24, 2.45) is 0 Å². The first-order valence-corrected chi connectivity index (χ1v) is 4.36. The highest BCUT2D eigenvalue weighted by molar-refractivity contribution is 5.89. The molecule has 0 spiro atoms. The van der Waals surface area contributed by atoms with E-state index in [0.717, 1.165) is 0 Å². The fraction of sp³-hybridized carbons (Fsp3) is 0.222. The minimum absolute atomic E-state index is 0.0400. The van der Waals surface area contributed by atoms with E-state index in [1.165, 1.54) is 25.1 Å². The van der Waals surface area contributed by atoms with Gasteiger partial charge in [-0.25, -0.2) is 4.84 Å². The van der Waals surface area contributed by atoms with E-state index in [9.17, 15) is 20.0 Å². The molecule has 1 atom stereocenters. The van der Waals surface area contributed by atoms with Crippen LogP contribution in [0, 0.1) is 10.1 Å². The van der Waals surface area contributed by atoms with Crippen molar-refractivity contribution >= 4 is 11.7 Å². The minimum Gasteiger partial charge on any atom is -0.398 e. The molecule has 86 valence electrons. The first kappa shape index (κ1) is 11.9. The molecule has 0 aliphatic rings. The number of aliphatic hydroxyl groups excluding tert-OH is 1. The fourth-order valence-corrected chi connectivity index (χ4v) is 1.18. The Bertz CT molecular complexity index is 430. The van der Waals surface area contributed by atoms with E-state index in [2.05, 4.69) is 4.84 Å². The predicted molar refractivity (Wildman–Crippen MR) is 53.9 cm³/mol. The molecule has 16 heavy (non-hydrogen) atoms. The molecule has 0 heterocycles. The second-order valence-corrected chi connectivity index (χ2v) is 3.12. The van der Waals surface area contributed by atoms with Crippen LogP contribution in [0.15, 0.2) is 18.2 Å². The van der Waals surface area contributed by atoms with Gasteiger partial charge in [-0.3, -0.25) is 4.79 Å². The van der Waals surface area contributed by atoms with Crippen LogP contribution in [0.2, 0.25) is 0 Å². The van der Waals surface area contributed by atoms with E-state index in [1.807, 2.05) is 0 Å². The Morgan fingerprint density at radius 3 is 2.75 bits per heavy atom. The van der Waals surface area contributed by atoms with Crippen LogP contribution in [0.5, 0.6) is 0 Å². The summed E-state index contributed by atoms with van der Waals surface area (Å²) < 4.78 is 0. The van der Waals surface area contributed by atoms with Gasteiger partial charge in [0, 0.05) is 16.8 Å². The third-order valence-electron chi connectivity index (χ3n) is 1.93. The summed E-state index contributed by atoms with van der Waals surface area (Å²) in [5, 5.41) is 18.1. The van der Waals surface area contributed by atoms with Gasteiger partial charge >= 0.3 is 11.1 Å². The molecular weight excluding hydrogens is 216 g/mol. The Labute approximate surface area is 90.5 Å². The van der Waals surface area contributed by atoms with Crippen LogP contribution >= 0.6 is 0 Å². The van der Waals surface area contributed by atoms with Crippen LogP contribution in [-0.4, -0.2) is 16.2 Å². The van der Waals surface area contributed by atoms with Gasteiger partial charge in [0.25, 0.3) is 0 Å². The highest BCUT2D eigenvalue weighted by Gasteiger charge is 2.14. The lowest BCUT2D eigenvalue weighted by Gasteiger charge is -2.09. The van der Waals surface area contributed by atoms with Crippen molar-refractivity contribution in [3.05, 3.63) is 39.4 Å². The summed E-state index contributed by atoms with van der Waals surface area (Å²) in [6.45, 7) is 1.47. The molecule has 0 aromatic heterocycles. The van der Waals surface area contributed by atoms with E-state index in [-0.39, 0.29) is 5.56 Å². The summed E-state index contributed by atoms with van der Waals surface area (Å²) in [5.74, 6) is -1.10. The van der Waals surface area contributed by atoms with E-state index >= 15 is 0 Å². The smallest absolute Gasteiger partial charge is 0.334 e. The molecule has 1 aromatic rings. The zero-order valence-corrected chi connectivity index (χ0v) is 8.41. The highest BCUT2D eigenvalue weighted by Crippen LogP contribution is 2.21. The lowest BCUT2D eigenvalue weighted by atomic mass is 10.0. The molecule has 0 aliphatic carbocycles. The van der Waals surface area contributed by atoms with Crippen molar-refractivity contribution in [2.75, 3.05) is 5.73 Å². The summed E-state index contributed by atoms with van der Waals surface area (Å²) in [6.07, 6.45) is -0.872. The number of hydrogen-bond donors (Lipinski definition) is 2. The van der Waals surface area contributed by atoms with Crippen LogP contribution in [0.25, 0.3) is 0 Å². The Kier molecular flexibility index (Phi) is 3.41. The summed E-state index contributed by atoms with van der Waals surface area (Å²) in [4.78, 5) is 24.9. The number of rotatable bonds is 3. The molecule has 0 saturated carbocycles.